The smallest absolute Gasteiger partial charge is 0.258 e. The lowest BCUT2D eigenvalue weighted by molar-refractivity contribution is -0.123. The third-order valence-corrected chi connectivity index (χ3v) is 6.73. The molecule has 39 heavy (non-hydrogen) atoms. The van der Waals surface area contributed by atoms with Crippen LogP contribution in [0.3, 0.4) is 0 Å². The SMILES string of the molecule is COc1ccc2cc1OCC(=O)NCc1ccc(c(OC)c1)O[C@H]1CN(Cc3cccc(F)c3)C[C@@H]1NC2=O. The number of nitrogens with one attached hydrogen (secondary N) is 2. The summed E-state index contributed by atoms with van der Waals surface area (Å²) in [5.41, 5.74) is 2.00. The molecule has 4 bridgehead atoms. The van der Waals surface area contributed by atoms with Gasteiger partial charge in [-0.1, -0.05) is 18.2 Å². The molecular formula is C29H30FN3O6. The third kappa shape index (κ3) is 6.23. The fourth-order valence-corrected chi connectivity index (χ4v) is 4.79. The van der Waals surface area contributed by atoms with Crippen LogP contribution in [0.15, 0.2) is 60.7 Å². The molecule has 0 saturated carbocycles. The number of hydrogen-bond donors (Lipinski definition) is 2. The van der Waals surface area contributed by atoms with Gasteiger partial charge in [0.2, 0.25) is 0 Å². The van der Waals surface area contributed by atoms with Gasteiger partial charge in [-0.05, 0) is 53.6 Å². The molecule has 1 fully saturated rings. The molecule has 0 radical (unpaired) electrons. The average Bonchev–Trinajstić information content (AvgIpc) is 3.30. The second kappa shape index (κ2) is 11.6. The minimum Gasteiger partial charge on any atom is -0.493 e. The van der Waals surface area contributed by atoms with Gasteiger partial charge < -0.3 is 29.6 Å². The van der Waals surface area contributed by atoms with Crippen molar-refractivity contribution in [1.29, 1.82) is 0 Å². The number of carbonyl (C=O) groups excluding carboxylic acids is 2. The van der Waals surface area contributed by atoms with Crippen LogP contribution < -0.4 is 29.6 Å². The van der Waals surface area contributed by atoms with E-state index in [1.807, 2.05) is 12.1 Å². The van der Waals surface area contributed by atoms with Crippen LogP contribution in [0, 0.1) is 5.82 Å². The molecule has 2 N–H and O–H groups in total. The Morgan fingerprint density at radius 2 is 1.82 bits per heavy atom. The summed E-state index contributed by atoms with van der Waals surface area (Å²) in [4.78, 5) is 27.9. The highest BCUT2D eigenvalue weighted by atomic mass is 19.1. The molecule has 0 unspecified atom stereocenters. The third-order valence-electron chi connectivity index (χ3n) is 6.73. The highest BCUT2D eigenvalue weighted by Crippen LogP contribution is 2.32. The van der Waals surface area contributed by atoms with Crippen LogP contribution in [0.5, 0.6) is 23.0 Å². The van der Waals surface area contributed by atoms with Crippen molar-refractivity contribution in [2.75, 3.05) is 33.9 Å². The van der Waals surface area contributed by atoms with Crippen LogP contribution in [0.2, 0.25) is 0 Å². The standard InChI is InChI=1S/C29H30FN3O6/c1-36-23-9-7-20-12-26(23)38-17-28(34)31-13-18-6-8-24(25(11-18)37-2)39-27-16-33(15-22(27)32-29(20)35)14-19-4-3-5-21(30)10-19/h3-12,22,27H,13-17H2,1-2H3,(H,31,34)(H,32,35)/t22-,27-/m0/s1. The van der Waals surface area contributed by atoms with Crippen molar-refractivity contribution in [1.82, 2.24) is 15.5 Å². The normalized spacial score (nSPS) is 19.7. The molecule has 3 heterocycles. The van der Waals surface area contributed by atoms with E-state index in [4.69, 9.17) is 18.9 Å². The number of hydrogen-bond acceptors (Lipinski definition) is 7. The van der Waals surface area contributed by atoms with E-state index in [-0.39, 0.29) is 42.6 Å². The minimum absolute atomic E-state index is 0.250. The van der Waals surface area contributed by atoms with Crippen molar-refractivity contribution in [3.05, 3.63) is 83.2 Å². The fourth-order valence-electron chi connectivity index (χ4n) is 4.79. The number of benzene rings is 3. The summed E-state index contributed by atoms with van der Waals surface area (Å²) in [6.07, 6.45) is -0.411. The van der Waals surface area contributed by atoms with E-state index in [1.165, 1.54) is 19.2 Å². The Bertz CT molecular complexity index is 1370. The van der Waals surface area contributed by atoms with E-state index in [2.05, 4.69) is 15.5 Å². The maximum absolute atomic E-state index is 13.8. The first-order valence-corrected chi connectivity index (χ1v) is 12.6. The quantitative estimate of drug-likeness (QED) is 0.530. The molecule has 6 rings (SSSR count). The Morgan fingerprint density at radius 1 is 0.974 bits per heavy atom. The Labute approximate surface area is 225 Å². The van der Waals surface area contributed by atoms with Gasteiger partial charge >= 0.3 is 0 Å². The molecular weight excluding hydrogens is 505 g/mol. The van der Waals surface area contributed by atoms with E-state index < -0.39 is 6.10 Å². The second-order valence-electron chi connectivity index (χ2n) is 9.48. The number of halogens is 1. The molecule has 9 nitrogen and oxygen atoms in total. The predicted molar refractivity (Wildman–Crippen MR) is 141 cm³/mol. The molecule has 3 aromatic carbocycles. The van der Waals surface area contributed by atoms with Crippen molar-refractivity contribution >= 4 is 11.8 Å². The zero-order valence-electron chi connectivity index (χ0n) is 21.7. The molecule has 3 aliphatic heterocycles. The zero-order chi connectivity index (χ0) is 27.4. The maximum Gasteiger partial charge on any atom is 0.258 e. The van der Waals surface area contributed by atoms with Crippen molar-refractivity contribution in [2.24, 2.45) is 0 Å². The van der Waals surface area contributed by atoms with Crippen LogP contribution in [-0.2, 0) is 17.9 Å². The van der Waals surface area contributed by atoms with Gasteiger partial charge in [-0.2, -0.15) is 0 Å². The van der Waals surface area contributed by atoms with E-state index in [1.54, 1.807) is 43.5 Å². The molecule has 1 saturated heterocycles. The Hall–Kier alpha value is -4.31. The topological polar surface area (TPSA) is 98.4 Å². The van der Waals surface area contributed by atoms with E-state index in [9.17, 15) is 14.0 Å². The highest BCUT2D eigenvalue weighted by molar-refractivity contribution is 5.95. The van der Waals surface area contributed by atoms with Gasteiger partial charge in [0.1, 0.15) is 11.9 Å². The lowest BCUT2D eigenvalue weighted by Crippen LogP contribution is -2.45. The number of carbonyl (C=O) groups is 2. The molecule has 0 aliphatic carbocycles. The Balaban J connectivity index is 1.46. The number of ether oxygens (including phenoxy) is 4. The van der Waals surface area contributed by atoms with Gasteiger partial charge in [-0.3, -0.25) is 14.5 Å². The van der Waals surface area contributed by atoms with Gasteiger partial charge in [0.05, 0.1) is 20.3 Å². The van der Waals surface area contributed by atoms with Crippen LogP contribution >= 0.6 is 0 Å². The van der Waals surface area contributed by atoms with E-state index in [0.29, 0.717) is 42.4 Å². The minimum atomic E-state index is -0.411. The van der Waals surface area contributed by atoms with Gasteiger partial charge in [0.15, 0.2) is 29.6 Å². The summed E-state index contributed by atoms with van der Waals surface area (Å²) in [6, 6.07) is 16.3. The summed E-state index contributed by atoms with van der Waals surface area (Å²) in [6.45, 7) is 1.51. The van der Waals surface area contributed by atoms with E-state index in [0.717, 1.165) is 11.1 Å². The van der Waals surface area contributed by atoms with Gasteiger partial charge in [0, 0.05) is 31.7 Å². The molecule has 2 atom stereocenters. The van der Waals surface area contributed by atoms with Gasteiger partial charge in [-0.15, -0.1) is 0 Å². The number of nitrogens with zero attached hydrogens (tertiary/aromatic N) is 1. The molecule has 10 heteroatoms. The summed E-state index contributed by atoms with van der Waals surface area (Å²) in [7, 11) is 3.03. The summed E-state index contributed by atoms with van der Waals surface area (Å²) >= 11 is 0. The van der Waals surface area contributed by atoms with Crippen LogP contribution in [0.1, 0.15) is 21.5 Å². The predicted octanol–water partition coefficient (Wildman–Crippen LogP) is 2.91. The largest absolute Gasteiger partial charge is 0.493 e. The van der Waals surface area contributed by atoms with Crippen LogP contribution in [-0.4, -0.2) is 62.8 Å². The van der Waals surface area contributed by atoms with Gasteiger partial charge in [0.25, 0.3) is 11.8 Å². The molecule has 2 amide bonds. The van der Waals surface area contributed by atoms with Crippen molar-refractivity contribution in [3.8, 4) is 23.0 Å². The molecule has 0 spiro atoms. The first-order valence-electron chi connectivity index (χ1n) is 12.6. The first-order chi connectivity index (χ1) is 18.9. The zero-order valence-corrected chi connectivity index (χ0v) is 21.7. The number of amides is 2. The first kappa shape index (κ1) is 26.3. The summed E-state index contributed by atoms with van der Waals surface area (Å²) < 4.78 is 36.8. The number of rotatable bonds is 4. The van der Waals surface area contributed by atoms with Crippen molar-refractivity contribution in [2.45, 2.75) is 25.2 Å². The lowest BCUT2D eigenvalue weighted by Gasteiger charge is -2.23. The summed E-state index contributed by atoms with van der Waals surface area (Å²) in [5, 5.41) is 5.90. The van der Waals surface area contributed by atoms with E-state index >= 15 is 0 Å². The highest BCUT2D eigenvalue weighted by Gasteiger charge is 2.36. The number of methoxy groups -OCH3 is 2. The fraction of sp³-hybridized carbons (Fsp3) is 0.310. The number of likely N-dealkylation sites (tertiary alicyclic amines) is 1. The Kier molecular flexibility index (Phi) is 7.83. The lowest BCUT2D eigenvalue weighted by atomic mass is 10.1. The van der Waals surface area contributed by atoms with Crippen molar-refractivity contribution < 1.29 is 32.9 Å². The van der Waals surface area contributed by atoms with Crippen LogP contribution in [0.25, 0.3) is 0 Å². The molecule has 0 aromatic heterocycles. The molecule has 204 valence electrons. The average molecular weight is 536 g/mol. The second-order valence-corrected chi connectivity index (χ2v) is 9.48. The van der Waals surface area contributed by atoms with Crippen molar-refractivity contribution in [3.63, 3.8) is 0 Å². The van der Waals surface area contributed by atoms with Crippen LogP contribution in [0.4, 0.5) is 4.39 Å². The van der Waals surface area contributed by atoms with Gasteiger partial charge in [-0.25, -0.2) is 4.39 Å². The summed E-state index contributed by atoms with van der Waals surface area (Å²) in [5.74, 6) is 0.753. The molecule has 3 aromatic rings. The maximum atomic E-state index is 13.8. The number of fused-ring (bicyclic) bond motifs is 7. The Morgan fingerprint density at radius 3 is 2.62 bits per heavy atom. The molecule has 3 aliphatic rings. The monoisotopic (exact) mass is 535 g/mol.